The Bertz CT molecular complexity index is 190. The predicted octanol–water partition coefficient (Wildman–Crippen LogP) is 3.78. The summed E-state index contributed by atoms with van der Waals surface area (Å²) in [6, 6.07) is 0. The van der Waals surface area contributed by atoms with Gasteiger partial charge in [-0.25, -0.2) is 0 Å². The second-order valence-electron chi connectivity index (χ2n) is 4.88. The first-order chi connectivity index (χ1) is 5.75. The molecule has 0 bridgehead atoms. The lowest BCUT2D eigenvalue weighted by Gasteiger charge is -2.14. The minimum absolute atomic E-state index is 0.871. The first-order valence-corrected chi connectivity index (χ1v) is 5.46. The molecule has 0 nitrogen and oxygen atoms in total. The van der Waals surface area contributed by atoms with Crippen LogP contribution in [0.4, 0.5) is 0 Å². The molecule has 68 valence electrons. The van der Waals surface area contributed by atoms with Crippen LogP contribution in [0, 0.1) is 17.8 Å². The Hall–Kier alpha value is -0.260. The van der Waals surface area contributed by atoms with Gasteiger partial charge in [0.15, 0.2) is 0 Å². The Labute approximate surface area is 76.1 Å². The van der Waals surface area contributed by atoms with Crippen LogP contribution < -0.4 is 0 Å². The Morgan fingerprint density at radius 3 is 2.92 bits per heavy atom. The number of fused-ring (bicyclic) bond motifs is 1. The van der Waals surface area contributed by atoms with Crippen molar-refractivity contribution < 1.29 is 0 Å². The van der Waals surface area contributed by atoms with Gasteiger partial charge in [-0.1, -0.05) is 31.9 Å². The summed E-state index contributed by atoms with van der Waals surface area (Å²) in [6.45, 7) is 4.79. The summed E-state index contributed by atoms with van der Waals surface area (Å²) in [6.07, 6.45) is 9.76. The van der Waals surface area contributed by atoms with Crippen molar-refractivity contribution in [2.24, 2.45) is 17.8 Å². The van der Waals surface area contributed by atoms with Crippen molar-refractivity contribution >= 4 is 0 Å². The van der Waals surface area contributed by atoms with E-state index in [2.05, 4.69) is 19.9 Å². The number of hydrogen-bond acceptors (Lipinski definition) is 0. The standard InChI is InChI=1S/C12H20/c1-9-4-3-5-11-7-10(2)8-12(11)6-9/h7,9-10,12H,3-6,8H2,1-2H3. The fraction of sp³-hybridized carbons (Fsp3) is 0.833. The molecular formula is C12H20. The van der Waals surface area contributed by atoms with E-state index >= 15 is 0 Å². The molecule has 1 saturated carbocycles. The summed E-state index contributed by atoms with van der Waals surface area (Å²) < 4.78 is 0. The highest BCUT2D eigenvalue weighted by Gasteiger charge is 2.27. The Morgan fingerprint density at radius 2 is 2.08 bits per heavy atom. The van der Waals surface area contributed by atoms with Gasteiger partial charge in [-0.15, -0.1) is 0 Å². The molecule has 1 fully saturated rings. The zero-order chi connectivity index (χ0) is 8.55. The molecule has 0 aromatic heterocycles. The van der Waals surface area contributed by atoms with E-state index in [1.165, 1.54) is 32.1 Å². The van der Waals surface area contributed by atoms with Crippen LogP contribution in [-0.2, 0) is 0 Å². The lowest BCUT2D eigenvalue weighted by molar-refractivity contribution is 0.411. The van der Waals surface area contributed by atoms with Crippen molar-refractivity contribution in [3.8, 4) is 0 Å². The van der Waals surface area contributed by atoms with E-state index in [9.17, 15) is 0 Å². The van der Waals surface area contributed by atoms with Crippen LogP contribution in [0.5, 0.6) is 0 Å². The SMILES string of the molecule is CC1C=C2CCCC(C)CC2C1. The van der Waals surface area contributed by atoms with Crippen molar-refractivity contribution in [3.63, 3.8) is 0 Å². The molecular weight excluding hydrogens is 144 g/mol. The van der Waals surface area contributed by atoms with Gasteiger partial charge in [0.1, 0.15) is 0 Å². The first-order valence-electron chi connectivity index (χ1n) is 5.46. The number of rotatable bonds is 0. The fourth-order valence-electron chi connectivity index (χ4n) is 2.96. The van der Waals surface area contributed by atoms with Gasteiger partial charge in [0.2, 0.25) is 0 Å². The van der Waals surface area contributed by atoms with Gasteiger partial charge in [-0.3, -0.25) is 0 Å². The zero-order valence-corrected chi connectivity index (χ0v) is 8.34. The van der Waals surface area contributed by atoms with E-state index in [-0.39, 0.29) is 0 Å². The molecule has 0 aliphatic heterocycles. The Kier molecular flexibility index (Phi) is 2.25. The van der Waals surface area contributed by atoms with Crippen LogP contribution in [0.3, 0.4) is 0 Å². The first kappa shape index (κ1) is 8.34. The highest BCUT2D eigenvalue weighted by molar-refractivity contribution is 5.16. The highest BCUT2D eigenvalue weighted by Crippen LogP contribution is 2.40. The van der Waals surface area contributed by atoms with Crippen molar-refractivity contribution in [2.75, 3.05) is 0 Å². The van der Waals surface area contributed by atoms with Crippen molar-refractivity contribution in [3.05, 3.63) is 11.6 Å². The monoisotopic (exact) mass is 164 g/mol. The van der Waals surface area contributed by atoms with Gasteiger partial charge in [0, 0.05) is 0 Å². The minimum Gasteiger partial charge on any atom is -0.0822 e. The summed E-state index contributed by atoms with van der Waals surface area (Å²) >= 11 is 0. The zero-order valence-electron chi connectivity index (χ0n) is 8.34. The molecule has 0 heterocycles. The normalized spacial score (nSPS) is 41.8. The molecule has 2 rings (SSSR count). The van der Waals surface area contributed by atoms with Crippen LogP contribution in [0.1, 0.15) is 46.0 Å². The summed E-state index contributed by atoms with van der Waals surface area (Å²) in [5, 5.41) is 0. The largest absolute Gasteiger partial charge is 0.0822 e. The van der Waals surface area contributed by atoms with Gasteiger partial charge >= 0.3 is 0 Å². The fourth-order valence-corrected chi connectivity index (χ4v) is 2.96. The average Bonchev–Trinajstić information content (AvgIpc) is 2.23. The van der Waals surface area contributed by atoms with Gasteiger partial charge in [0.25, 0.3) is 0 Å². The molecule has 2 aliphatic rings. The van der Waals surface area contributed by atoms with E-state index in [1.54, 1.807) is 5.57 Å². The Morgan fingerprint density at radius 1 is 1.25 bits per heavy atom. The van der Waals surface area contributed by atoms with Crippen LogP contribution in [0.2, 0.25) is 0 Å². The van der Waals surface area contributed by atoms with E-state index in [4.69, 9.17) is 0 Å². The second-order valence-corrected chi connectivity index (χ2v) is 4.88. The second kappa shape index (κ2) is 3.24. The average molecular weight is 164 g/mol. The molecule has 0 amide bonds. The maximum atomic E-state index is 2.54. The Balaban J connectivity index is 2.08. The topological polar surface area (TPSA) is 0 Å². The van der Waals surface area contributed by atoms with Gasteiger partial charge < -0.3 is 0 Å². The van der Waals surface area contributed by atoms with Gasteiger partial charge in [0.05, 0.1) is 0 Å². The van der Waals surface area contributed by atoms with Crippen LogP contribution in [0.15, 0.2) is 11.6 Å². The maximum Gasteiger partial charge on any atom is -0.0195 e. The molecule has 12 heavy (non-hydrogen) atoms. The maximum absolute atomic E-state index is 2.54. The van der Waals surface area contributed by atoms with Crippen molar-refractivity contribution in [1.29, 1.82) is 0 Å². The molecule has 2 aliphatic carbocycles. The molecule has 0 saturated heterocycles. The van der Waals surface area contributed by atoms with Crippen molar-refractivity contribution in [1.82, 2.24) is 0 Å². The lowest BCUT2D eigenvalue weighted by atomic mass is 9.91. The van der Waals surface area contributed by atoms with Gasteiger partial charge in [-0.05, 0) is 43.4 Å². The molecule has 0 N–H and O–H groups in total. The molecule has 0 aromatic rings. The molecule has 0 heteroatoms. The smallest absolute Gasteiger partial charge is 0.0195 e. The van der Waals surface area contributed by atoms with Gasteiger partial charge in [-0.2, -0.15) is 0 Å². The van der Waals surface area contributed by atoms with Crippen LogP contribution in [0.25, 0.3) is 0 Å². The van der Waals surface area contributed by atoms with Crippen LogP contribution in [-0.4, -0.2) is 0 Å². The van der Waals surface area contributed by atoms with Crippen molar-refractivity contribution in [2.45, 2.75) is 46.0 Å². The van der Waals surface area contributed by atoms with Crippen LogP contribution >= 0.6 is 0 Å². The summed E-state index contributed by atoms with van der Waals surface area (Å²) in [7, 11) is 0. The van der Waals surface area contributed by atoms with E-state index in [0.29, 0.717) is 0 Å². The third-order valence-electron chi connectivity index (χ3n) is 3.53. The molecule has 3 atom stereocenters. The summed E-state index contributed by atoms with van der Waals surface area (Å²) in [5.74, 6) is 2.82. The summed E-state index contributed by atoms with van der Waals surface area (Å²) in [5.41, 5.74) is 1.80. The lowest BCUT2D eigenvalue weighted by Crippen LogP contribution is -2.03. The highest BCUT2D eigenvalue weighted by atomic mass is 14.3. The number of hydrogen-bond donors (Lipinski definition) is 0. The molecule has 0 radical (unpaired) electrons. The molecule has 0 aromatic carbocycles. The van der Waals surface area contributed by atoms with E-state index in [0.717, 1.165) is 17.8 Å². The molecule has 0 spiro atoms. The third kappa shape index (κ3) is 1.57. The number of allylic oxidation sites excluding steroid dienone is 2. The summed E-state index contributed by atoms with van der Waals surface area (Å²) in [4.78, 5) is 0. The predicted molar refractivity (Wildman–Crippen MR) is 53.0 cm³/mol. The van der Waals surface area contributed by atoms with E-state index in [1.807, 2.05) is 0 Å². The van der Waals surface area contributed by atoms with E-state index < -0.39 is 0 Å². The minimum atomic E-state index is 0.871. The molecule has 3 unspecified atom stereocenters. The third-order valence-corrected chi connectivity index (χ3v) is 3.53. The quantitative estimate of drug-likeness (QED) is 0.478.